The van der Waals surface area contributed by atoms with Gasteiger partial charge >= 0.3 is 110 Å². The molecule has 0 aliphatic carbocycles. The van der Waals surface area contributed by atoms with Crippen LogP contribution in [0.25, 0.3) is 0 Å². The molecule has 0 aromatic carbocycles. The largest absolute Gasteiger partial charge is 1.00 e. The van der Waals surface area contributed by atoms with E-state index in [4.69, 9.17) is 0 Å². The second kappa shape index (κ2) is 9.90. The maximum absolute atomic E-state index is 13.5. The van der Waals surface area contributed by atoms with E-state index in [-0.39, 0.29) is 58.3 Å². The van der Waals surface area contributed by atoms with Crippen LogP contribution in [0.3, 0.4) is 0 Å². The summed E-state index contributed by atoms with van der Waals surface area (Å²) in [5.41, 5.74) is 0. The molecule has 0 heterocycles. The Morgan fingerprint density at radius 2 is 0.649 bits per heavy atom. The molecule has 0 atom stereocenters. The van der Waals surface area contributed by atoms with Gasteiger partial charge in [-0.2, -0.15) is 87.8 Å². The zero-order chi connectivity index (χ0) is 30.2. The monoisotopic (exact) mass is 648 g/mol. The zero-order valence-corrected chi connectivity index (χ0v) is 20.8. The average molecular weight is 648 g/mol. The van der Waals surface area contributed by atoms with E-state index in [2.05, 4.69) is 0 Å². The molecular weight excluding hydrogens is 643 g/mol. The summed E-state index contributed by atoms with van der Waals surface area (Å²) >= 11 is 0. The Morgan fingerprint density at radius 3 is 0.838 bits per heavy atom. The van der Waals surface area contributed by atoms with Gasteiger partial charge in [0.05, 0.1) is 0 Å². The normalized spacial score (nSPS) is 16.5. The van der Waals surface area contributed by atoms with E-state index in [9.17, 15) is 101 Å². The van der Waals surface area contributed by atoms with Crippen LogP contribution in [0.1, 0.15) is 13.3 Å². The Morgan fingerprint density at radius 1 is 0.459 bits per heavy atom. The van der Waals surface area contributed by atoms with Crippen LogP contribution in [0, 0.1) is 0 Å². The van der Waals surface area contributed by atoms with E-state index in [1.165, 1.54) is 0 Å². The summed E-state index contributed by atoms with van der Waals surface area (Å²) in [4.78, 5) is 0. The van der Waals surface area contributed by atoms with Crippen LogP contribution in [0.15, 0.2) is 0 Å². The molecule has 0 aliphatic heterocycles. The minimum Gasteiger partial charge on any atom is -0.743 e. The van der Waals surface area contributed by atoms with Crippen LogP contribution in [-0.2, 0) is 10.1 Å². The third-order valence-corrected chi connectivity index (χ3v) is 5.23. The fourth-order valence-electron chi connectivity index (χ4n) is 1.97. The summed E-state index contributed by atoms with van der Waals surface area (Å²) in [6.45, 7) is -0.226. The number of alkyl halides is 20. The first-order valence-electron chi connectivity index (χ1n) is 7.79. The molecular formula is C12H5F20KO3S. The fraction of sp³-hybridized carbons (Fsp3) is 1.00. The van der Waals surface area contributed by atoms with Crippen molar-refractivity contribution >= 4 is 10.1 Å². The van der Waals surface area contributed by atoms with Crippen molar-refractivity contribution in [1.82, 2.24) is 0 Å². The number of hydrogen-bond donors (Lipinski definition) is 0. The molecule has 0 radical (unpaired) electrons. The Kier molecular flexibility index (Phi) is 10.5. The second-order valence-electron chi connectivity index (χ2n) is 6.62. The molecule has 0 aliphatic rings. The third-order valence-electron chi connectivity index (χ3n) is 4.34. The van der Waals surface area contributed by atoms with Crippen molar-refractivity contribution in [2.45, 2.75) is 71.9 Å². The van der Waals surface area contributed by atoms with E-state index in [1.807, 2.05) is 0 Å². The van der Waals surface area contributed by atoms with E-state index >= 15 is 0 Å². The van der Waals surface area contributed by atoms with Crippen LogP contribution >= 0.6 is 0 Å². The minimum absolute atomic E-state index is 0. The molecule has 0 aromatic heterocycles. The first-order chi connectivity index (χ1) is 15.1. The van der Waals surface area contributed by atoms with E-state index < -0.39 is 75.1 Å². The maximum Gasteiger partial charge on any atom is 1.00 e. The molecule has 0 aromatic rings. The van der Waals surface area contributed by atoms with Crippen molar-refractivity contribution < 1.29 is 152 Å². The molecule has 0 N–H and O–H groups in total. The van der Waals surface area contributed by atoms with Gasteiger partial charge in [-0.1, -0.05) is 6.92 Å². The van der Waals surface area contributed by atoms with Gasteiger partial charge in [0.2, 0.25) is 0 Å². The van der Waals surface area contributed by atoms with Gasteiger partial charge in [0, 0.05) is 6.42 Å². The molecule has 0 unspecified atom stereocenters. The number of rotatable bonds is 11. The van der Waals surface area contributed by atoms with Crippen LogP contribution in [-0.4, -0.2) is 71.5 Å². The van der Waals surface area contributed by atoms with Crippen molar-refractivity contribution in [1.29, 1.82) is 0 Å². The molecule has 0 fully saturated rings. The van der Waals surface area contributed by atoms with Gasteiger partial charge in [0.15, 0.2) is 10.1 Å². The van der Waals surface area contributed by atoms with Gasteiger partial charge < -0.3 is 4.55 Å². The van der Waals surface area contributed by atoms with Gasteiger partial charge in [-0.15, -0.1) is 0 Å². The first-order valence-corrected chi connectivity index (χ1v) is 9.20. The second-order valence-corrected chi connectivity index (χ2v) is 8.05. The number of halogens is 20. The molecule has 0 bridgehead atoms. The molecule has 0 saturated carbocycles. The van der Waals surface area contributed by atoms with Gasteiger partial charge in [0.1, 0.15) is 0 Å². The predicted molar refractivity (Wildman–Crippen MR) is 69.5 cm³/mol. The van der Waals surface area contributed by atoms with Crippen molar-refractivity contribution in [3.05, 3.63) is 0 Å². The predicted octanol–water partition coefficient (Wildman–Crippen LogP) is 3.26. The smallest absolute Gasteiger partial charge is 0.743 e. The zero-order valence-electron chi connectivity index (χ0n) is 16.9. The maximum atomic E-state index is 13.5. The Labute approximate surface area is 233 Å². The fourth-order valence-corrected chi connectivity index (χ4v) is 2.42. The van der Waals surface area contributed by atoms with Crippen molar-refractivity contribution in [2.75, 3.05) is 0 Å². The topological polar surface area (TPSA) is 57.2 Å². The van der Waals surface area contributed by atoms with Gasteiger partial charge in [-0.3, -0.25) is 0 Å². The summed E-state index contributed by atoms with van der Waals surface area (Å²) in [6.07, 6.45) is -2.67. The van der Waals surface area contributed by atoms with Crippen LogP contribution in [0.4, 0.5) is 87.8 Å². The molecule has 37 heavy (non-hydrogen) atoms. The van der Waals surface area contributed by atoms with Gasteiger partial charge in [-0.25, -0.2) is 8.42 Å². The van der Waals surface area contributed by atoms with Crippen molar-refractivity contribution in [2.24, 2.45) is 0 Å². The summed E-state index contributed by atoms with van der Waals surface area (Å²) < 4.78 is 295. The summed E-state index contributed by atoms with van der Waals surface area (Å²) in [5, 5.41) is -8.12. The molecule has 0 spiro atoms. The molecule has 0 saturated heterocycles. The standard InChI is InChI=1S/C12H6F20O3S.K/c1-2-3(13,14)4(15,16)5(17,18)6(19,20)7(21,22)8(23,24)9(25,26)10(27,28)11(29,30)12(31,32)36(33,34)35;/h2H2,1H3,(H,33,34,35);/q;+1/p-1. The summed E-state index contributed by atoms with van der Waals surface area (Å²) in [5.74, 6) is -77.5. The molecule has 3 nitrogen and oxygen atoms in total. The summed E-state index contributed by atoms with van der Waals surface area (Å²) in [6, 6.07) is 0. The third kappa shape index (κ3) is 4.86. The van der Waals surface area contributed by atoms with Gasteiger partial charge in [-0.05, 0) is 0 Å². The first kappa shape index (κ1) is 39.3. The van der Waals surface area contributed by atoms with Crippen LogP contribution < -0.4 is 51.4 Å². The minimum atomic E-state index is -9.28. The molecule has 218 valence electrons. The van der Waals surface area contributed by atoms with E-state index in [1.54, 1.807) is 0 Å². The van der Waals surface area contributed by atoms with Crippen LogP contribution in [0.2, 0.25) is 0 Å². The van der Waals surface area contributed by atoms with Crippen molar-refractivity contribution in [3.63, 3.8) is 0 Å². The number of hydrogen-bond acceptors (Lipinski definition) is 3. The Hall–Kier alpha value is 0.146. The SMILES string of the molecule is CCC(F)(F)C(F)(F)C(F)(F)C(F)(F)C(F)(F)C(F)(F)C(F)(F)C(F)(F)C(F)(F)C(F)(F)S(=O)(=O)[O-].[K+]. The van der Waals surface area contributed by atoms with E-state index in [0.717, 1.165) is 0 Å². The molecule has 25 heteroatoms. The van der Waals surface area contributed by atoms with Gasteiger partial charge in [0.25, 0.3) is 0 Å². The Balaban J connectivity index is 0. The molecule has 0 amide bonds. The average Bonchev–Trinajstić information content (AvgIpc) is 2.65. The Bertz CT molecular complexity index is 942. The summed E-state index contributed by atoms with van der Waals surface area (Å²) in [7, 11) is -8.30. The van der Waals surface area contributed by atoms with E-state index in [0.29, 0.717) is 0 Å². The molecule has 0 rings (SSSR count). The quantitative estimate of drug-likeness (QED) is 0.197. The van der Waals surface area contributed by atoms with Crippen LogP contribution in [0.5, 0.6) is 0 Å². The van der Waals surface area contributed by atoms with Crippen molar-refractivity contribution in [3.8, 4) is 0 Å².